The minimum Gasteiger partial charge on any atom is -0.444 e. The fourth-order valence-electron chi connectivity index (χ4n) is 1.48. The second-order valence-corrected chi connectivity index (χ2v) is 6.20. The third-order valence-electron chi connectivity index (χ3n) is 2.58. The fourth-order valence-corrected chi connectivity index (χ4v) is 1.48. The molecule has 0 aromatic heterocycles. The van der Waals surface area contributed by atoms with Gasteiger partial charge in [-0.1, -0.05) is 26.0 Å². The molecule has 0 aliphatic heterocycles. The Morgan fingerprint density at radius 1 is 1.14 bits per heavy atom. The van der Waals surface area contributed by atoms with Crippen LogP contribution < -0.4 is 10.6 Å². The molecule has 0 saturated heterocycles. The molecule has 0 spiro atoms. The number of rotatable bonds is 4. The number of anilines is 1. The Bertz CT molecular complexity index is 487. The average molecular weight is 292 g/mol. The lowest BCUT2D eigenvalue weighted by Crippen LogP contribution is -2.32. The zero-order valence-corrected chi connectivity index (χ0v) is 13.3. The summed E-state index contributed by atoms with van der Waals surface area (Å²) in [5.41, 5.74) is 1.17. The van der Waals surface area contributed by atoms with Gasteiger partial charge in [-0.05, 0) is 38.5 Å². The first-order valence-electron chi connectivity index (χ1n) is 7.04. The highest BCUT2D eigenvalue weighted by Gasteiger charge is 2.15. The van der Waals surface area contributed by atoms with Crippen molar-refractivity contribution >= 4 is 17.7 Å². The molecule has 21 heavy (non-hydrogen) atoms. The van der Waals surface area contributed by atoms with Gasteiger partial charge in [0.1, 0.15) is 5.60 Å². The Morgan fingerprint density at radius 3 is 2.19 bits per heavy atom. The molecule has 2 amide bonds. The van der Waals surface area contributed by atoms with E-state index < -0.39 is 11.7 Å². The van der Waals surface area contributed by atoms with Gasteiger partial charge in [0.2, 0.25) is 5.91 Å². The predicted molar refractivity (Wildman–Crippen MR) is 83.0 cm³/mol. The van der Waals surface area contributed by atoms with Crippen LogP contribution in [0.1, 0.15) is 40.2 Å². The molecule has 0 aliphatic carbocycles. The van der Waals surface area contributed by atoms with Gasteiger partial charge in [-0.25, -0.2) is 4.79 Å². The summed E-state index contributed by atoms with van der Waals surface area (Å²) in [5.74, 6) is -0.0758. The molecule has 5 heteroatoms. The van der Waals surface area contributed by atoms with Gasteiger partial charge >= 0.3 is 6.09 Å². The molecule has 0 heterocycles. The average Bonchev–Trinajstić information content (AvgIpc) is 2.35. The first kappa shape index (κ1) is 17.0. The molecule has 5 nitrogen and oxygen atoms in total. The van der Waals surface area contributed by atoms with Crippen LogP contribution in [0.15, 0.2) is 24.3 Å². The lowest BCUT2D eigenvalue weighted by atomic mass is 10.1. The third kappa shape index (κ3) is 6.79. The van der Waals surface area contributed by atoms with Gasteiger partial charge in [0, 0.05) is 18.2 Å². The summed E-state index contributed by atoms with van der Waals surface area (Å²) in [6.07, 6.45) is -0.445. The minimum atomic E-state index is -0.505. The third-order valence-corrected chi connectivity index (χ3v) is 2.58. The number of nitrogens with one attached hydrogen (secondary N) is 2. The van der Waals surface area contributed by atoms with E-state index in [0.29, 0.717) is 6.54 Å². The van der Waals surface area contributed by atoms with Crippen LogP contribution in [-0.4, -0.2) is 17.6 Å². The minimum absolute atomic E-state index is 0.0189. The zero-order chi connectivity index (χ0) is 16.0. The Labute approximate surface area is 126 Å². The normalized spacial score (nSPS) is 11.1. The lowest BCUT2D eigenvalue weighted by Gasteiger charge is -2.19. The molecular formula is C16H24N2O3. The van der Waals surface area contributed by atoms with Gasteiger partial charge in [-0.3, -0.25) is 4.79 Å². The maximum Gasteiger partial charge on any atom is 0.407 e. The van der Waals surface area contributed by atoms with Crippen molar-refractivity contribution in [1.82, 2.24) is 5.32 Å². The van der Waals surface area contributed by atoms with Crippen LogP contribution in [0.3, 0.4) is 0 Å². The highest BCUT2D eigenvalue weighted by atomic mass is 16.6. The van der Waals surface area contributed by atoms with Crippen molar-refractivity contribution in [2.24, 2.45) is 5.92 Å². The standard InChI is InChI=1S/C16H24N2O3/c1-11(2)14(19)18-13-8-6-12(7-9-13)10-17-15(20)21-16(3,4)5/h6-9,11H,10H2,1-5H3,(H,17,20)(H,18,19). The number of alkyl carbamates (subject to hydrolysis) is 1. The molecule has 0 unspecified atom stereocenters. The number of ether oxygens (including phenoxy) is 1. The molecule has 0 radical (unpaired) electrons. The SMILES string of the molecule is CC(C)C(=O)Nc1ccc(CNC(=O)OC(C)(C)C)cc1. The lowest BCUT2D eigenvalue weighted by molar-refractivity contribution is -0.118. The van der Waals surface area contributed by atoms with E-state index >= 15 is 0 Å². The monoisotopic (exact) mass is 292 g/mol. The maximum atomic E-state index is 11.6. The number of amides is 2. The summed E-state index contributed by atoms with van der Waals surface area (Å²) >= 11 is 0. The Balaban J connectivity index is 2.48. The molecule has 2 N–H and O–H groups in total. The summed E-state index contributed by atoms with van der Waals surface area (Å²) in [7, 11) is 0. The maximum absolute atomic E-state index is 11.6. The van der Waals surface area contributed by atoms with Gasteiger partial charge in [0.05, 0.1) is 0 Å². The van der Waals surface area contributed by atoms with Crippen molar-refractivity contribution < 1.29 is 14.3 Å². The molecule has 116 valence electrons. The summed E-state index contributed by atoms with van der Waals surface area (Å²) in [6, 6.07) is 7.33. The first-order valence-corrected chi connectivity index (χ1v) is 7.04. The van der Waals surface area contributed by atoms with Gasteiger partial charge in [0.25, 0.3) is 0 Å². The van der Waals surface area contributed by atoms with Gasteiger partial charge in [0.15, 0.2) is 0 Å². The first-order chi connectivity index (χ1) is 9.67. The Morgan fingerprint density at radius 2 is 1.71 bits per heavy atom. The van der Waals surface area contributed by atoms with E-state index in [2.05, 4.69) is 10.6 Å². The van der Waals surface area contributed by atoms with Crippen LogP contribution in [0, 0.1) is 5.92 Å². The van der Waals surface area contributed by atoms with Crippen LogP contribution in [0.2, 0.25) is 0 Å². The quantitative estimate of drug-likeness (QED) is 0.894. The van der Waals surface area contributed by atoms with Crippen LogP contribution in [-0.2, 0) is 16.1 Å². The van der Waals surface area contributed by atoms with E-state index in [1.165, 1.54) is 0 Å². The van der Waals surface area contributed by atoms with E-state index in [9.17, 15) is 9.59 Å². The van der Waals surface area contributed by atoms with E-state index in [1.807, 2.05) is 58.9 Å². The van der Waals surface area contributed by atoms with Crippen molar-refractivity contribution in [3.05, 3.63) is 29.8 Å². The van der Waals surface area contributed by atoms with Crippen molar-refractivity contribution in [2.75, 3.05) is 5.32 Å². The zero-order valence-electron chi connectivity index (χ0n) is 13.3. The Hall–Kier alpha value is -2.04. The molecular weight excluding hydrogens is 268 g/mol. The van der Waals surface area contributed by atoms with Gasteiger partial charge in [-0.15, -0.1) is 0 Å². The second kappa shape index (κ2) is 7.11. The van der Waals surface area contributed by atoms with E-state index in [1.54, 1.807) is 0 Å². The number of carbonyl (C=O) groups excluding carboxylic acids is 2. The van der Waals surface area contributed by atoms with Crippen molar-refractivity contribution in [1.29, 1.82) is 0 Å². The largest absolute Gasteiger partial charge is 0.444 e. The van der Waals surface area contributed by atoms with Crippen LogP contribution in [0.25, 0.3) is 0 Å². The van der Waals surface area contributed by atoms with Crippen molar-refractivity contribution in [2.45, 2.75) is 46.8 Å². The molecule has 0 atom stereocenters. The fraction of sp³-hybridized carbons (Fsp3) is 0.500. The van der Waals surface area contributed by atoms with E-state index in [-0.39, 0.29) is 11.8 Å². The predicted octanol–water partition coefficient (Wildman–Crippen LogP) is 3.31. The molecule has 0 aliphatic rings. The van der Waals surface area contributed by atoms with Crippen LogP contribution in [0.4, 0.5) is 10.5 Å². The Kier molecular flexibility index (Phi) is 5.76. The number of carbonyl (C=O) groups is 2. The highest BCUT2D eigenvalue weighted by molar-refractivity contribution is 5.92. The highest BCUT2D eigenvalue weighted by Crippen LogP contribution is 2.11. The molecule has 0 fully saturated rings. The second-order valence-electron chi connectivity index (χ2n) is 6.20. The number of hydrogen-bond donors (Lipinski definition) is 2. The van der Waals surface area contributed by atoms with Crippen molar-refractivity contribution in [3.63, 3.8) is 0 Å². The molecule has 0 bridgehead atoms. The molecule has 1 aromatic rings. The number of hydrogen-bond acceptors (Lipinski definition) is 3. The van der Waals surface area contributed by atoms with Crippen LogP contribution in [0.5, 0.6) is 0 Å². The van der Waals surface area contributed by atoms with Gasteiger partial charge in [-0.2, -0.15) is 0 Å². The summed E-state index contributed by atoms with van der Waals surface area (Å²) in [6.45, 7) is 9.52. The van der Waals surface area contributed by atoms with E-state index in [4.69, 9.17) is 4.74 Å². The molecule has 0 saturated carbocycles. The van der Waals surface area contributed by atoms with Crippen molar-refractivity contribution in [3.8, 4) is 0 Å². The molecule has 1 aromatic carbocycles. The summed E-state index contributed by atoms with van der Waals surface area (Å²) < 4.78 is 5.16. The summed E-state index contributed by atoms with van der Waals surface area (Å²) in [4.78, 5) is 23.1. The van der Waals surface area contributed by atoms with Crippen LogP contribution >= 0.6 is 0 Å². The topological polar surface area (TPSA) is 67.4 Å². The summed E-state index contributed by atoms with van der Waals surface area (Å²) in [5, 5.41) is 5.50. The molecule has 1 rings (SSSR count). The smallest absolute Gasteiger partial charge is 0.407 e. The van der Waals surface area contributed by atoms with Gasteiger partial charge < -0.3 is 15.4 Å². The number of benzene rings is 1. The van der Waals surface area contributed by atoms with E-state index in [0.717, 1.165) is 11.3 Å².